The Morgan fingerprint density at radius 2 is 1.75 bits per heavy atom. The van der Waals surface area contributed by atoms with Gasteiger partial charge in [-0.05, 0) is 34.2 Å². The molecule has 0 radical (unpaired) electrons. The first-order valence-electron chi connectivity index (χ1n) is 6.22. The van der Waals surface area contributed by atoms with Crippen molar-refractivity contribution < 1.29 is 4.79 Å². The van der Waals surface area contributed by atoms with Gasteiger partial charge in [0.1, 0.15) is 0 Å². The Morgan fingerprint density at radius 1 is 1.19 bits per heavy atom. The zero-order chi connectivity index (χ0) is 12.6. The molecule has 0 fully saturated rings. The first kappa shape index (κ1) is 15.4. The lowest BCUT2D eigenvalue weighted by Gasteiger charge is -2.30. The van der Waals surface area contributed by atoms with E-state index < -0.39 is 0 Å². The Balaban J connectivity index is 3.73. The summed E-state index contributed by atoms with van der Waals surface area (Å²) in [7, 11) is 0. The Kier molecular flexibility index (Phi) is 8.21. The molecule has 0 bridgehead atoms. The molecule has 0 aromatic heterocycles. The fourth-order valence-electron chi connectivity index (χ4n) is 1.74. The van der Waals surface area contributed by atoms with E-state index in [1.54, 1.807) is 0 Å². The predicted molar refractivity (Wildman–Crippen MR) is 68.5 cm³/mol. The molecule has 0 aliphatic heterocycles. The highest BCUT2D eigenvalue weighted by Crippen LogP contribution is 2.02. The number of amides is 1. The van der Waals surface area contributed by atoms with Gasteiger partial charge in [0.25, 0.3) is 0 Å². The topological polar surface area (TPSA) is 44.4 Å². The van der Waals surface area contributed by atoms with E-state index in [-0.39, 0.29) is 5.91 Å². The zero-order valence-corrected chi connectivity index (χ0v) is 11.3. The molecule has 0 saturated carbocycles. The van der Waals surface area contributed by atoms with Crippen molar-refractivity contribution >= 4 is 5.91 Å². The lowest BCUT2D eigenvalue weighted by atomic mass is 10.2. The van der Waals surface area contributed by atoms with Gasteiger partial charge in [0.2, 0.25) is 5.91 Å². The van der Waals surface area contributed by atoms with Crippen LogP contribution in [0, 0.1) is 0 Å². The molecule has 2 N–H and O–H groups in total. The van der Waals surface area contributed by atoms with Crippen LogP contribution >= 0.6 is 0 Å². The summed E-state index contributed by atoms with van der Waals surface area (Å²) in [6.45, 7) is 13.6. The molecule has 0 unspecified atom stereocenters. The fraction of sp³-hybridized carbons (Fsp3) is 0.917. The van der Waals surface area contributed by atoms with Crippen molar-refractivity contribution in [1.29, 1.82) is 0 Å². The number of carbonyl (C=O) groups excluding carboxylic acids is 1. The summed E-state index contributed by atoms with van der Waals surface area (Å²) >= 11 is 0. The molecular formula is C12H27N3O. The molecule has 96 valence electrons. The van der Waals surface area contributed by atoms with Gasteiger partial charge < -0.3 is 10.6 Å². The van der Waals surface area contributed by atoms with Crippen LogP contribution in [0.25, 0.3) is 0 Å². The number of hydrogen-bond acceptors (Lipinski definition) is 3. The lowest BCUT2D eigenvalue weighted by Crippen LogP contribution is -2.43. The van der Waals surface area contributed by atoms with Crippen LogP contribution in [0.3, 0.4) is 0 Å². The summed E-state index contributed by atoms with van der Waals surface area (Å²) in [4.78, 5) is 13.7. The lowest BCUT2D eigenvalue weighted by molar-refractivity contribution is -0.120. The number of carbonyl (C=O) groups is 1. The number of nitrogens with zero attached hydrogens (tertiary/aromatic N) is 1. The minimum Gasteiger partial charge on any atom is -0.354 e. The summed E-state index contributed by atoms with van der Waals surface area (Å²) in [6, 6.07) is 1.04. The van der Waals surface area contributed by atoms with Crippen molar-refractivity contribution in [3.63, 3.8) is 0 Å². The van der Waals surface area contributed by atoms with Gasteiger partial charge in [-0.2, -0.15) is 0 Å². The van der Waals surface area contributed by atoms with Gasteiger partial charge in [-0.15, -0.1) is 0 Å². The number of likely N-dealkylation sites (N-methyl/N-ethyl adjacent to an activating group) is 1. The van der Waals surface area contributed by atoms with Gasteiger partial charge in [0.05, 0.1) is 6.54 Å². The van der Waals surface area contributed by atoms with Crippen LogP contribution in [-0.2, 0) is 4.79 Å². The molecule has 0 rings (SSSR count). The van der Waals surface area contributed by atoms with Crippen LogP contribution in [0.1, 0.15) is 34.6 Å². The quantitative estimate of drug-likeness (QED) is 0.648. The Labute approximate surface area is 99.8 Å². The van der Waals surface area contributed by atoms with Crippen LogP contribution in [0.15, 0.2) is 0 Å². The fourth-order valence-corrected chi connectivity index (χ4v) is 1.74. The first-order valence-corrected chi connectivity index (χ1v) is 6.22. The van der Waals surface area contributed by atoms with Gasteiger partial charge in [-0.1, -0.05) is 6.92 Å². The number of rotatable bonds is 8. The maximum atomic E-state index is 11.3. The van der Waals surface area contributed by atoms with Gasteiger partial charge in [0, 0.05) is 25.2 Å². The highest BCUT2D eigenvalue weighted by atomic mass is 16.1. The monoisotopic (exact) mass is 229 g/mol. The molecule has 1 amide bonds. The molecule has 0 aromatic carbocycles. The molecule has 0 spiro atoms. The van der Waals surface area contributed by atoms with E-state index in [1.165, 1.54) is 0 Å². The molecule has 0 saturated heterocycles. The summed E-state index contributed by atoms with van der Waals surface area (Å²) in [5, 5.41) is 5.92. The molecule has 0 atom stereocenters. The second kappa shape index (κ2) is 8.53. The standard InChI is InChI=1S/C12H27N3O/c1-6-13-9-12(16)14-7-8-15(10(2)3)11(4)5/h10-11,13H,6-9H2,1-5H3,(H,14,16). The normalized spacial score (nSPS) is 11.5. The predicted octanol–water partition coefficient (Wildman–Crippen LogP) is 0.831. The second-order valence-corrected chi connectivity index (χ2v) is 4.56. The minimum atomic E-state index is 0.0781. The van der Waals surface area contributed by atoms with E-state index in [0.717, 1.165) is 19.6 Å². The summed E-state index contributed by atoms with van der Waals surface area (Å²) in [5.74, 6) is 0.0781. The average molecular weight is 229 g/mol. The van der Waals surface area contributed by atoms with Gasteiger partial charge >= 0.3 is 0 Å². The van der Waals surface area contributed by atoms with Crippen molar-refractivity contribution in [2.24, 2.45) is 0 Å². The summed E-state index contributed by atoms with van der Waals surface area (Å²) in [6.07, 6.45) is 0. The molecule has 0 aliphatic rings. The maximum absolute atomic E-state index is 11.3. The van der Waals surface area contributed by atoms with Crippen LogP contribution in [0.5, 0.6) is 0 Å². The first-order chi connectivity index (χ1) is 7.49. The molecule has 0 aromatic rings. The Bertz CT molecular complexity index is 185. The second-order valence-electron chi connectivity index (χ2n) is 4.56. The average Bonchev–Trinajstić information content (AvgIpc) is 2.20. The third kappa shape index (κ3) is 6.80. The van der Waals surface area contributed by atoms with E-state index in [0.29, 0.717) is 18.6 Å². The SMILES string of the molecule is CCNCC(=O)NCCN(C(C)C)C(C)C. The highest BCUT2D eigenvalue weighted by molar-refractivity contribution is 5.77. The van der Waals surface area contributed by atoms with Crippen molar-refractivity contribution in [2.45, 2.75) is 46.7 Å². The molecule has 4 heteroatoms. The van der Waals surface area contributed by atoms with Crippen LogP contribution < -0.4 is 10.6 Å². The van der Waals surface area contributed by atoms with Gasteiger partial charge in [-0.3, -0.25) is 9.69 Å². The van der Waals surface area contributed by atoms with Crippen LogP contribution in [0.2, 0.25) is 0 Å². The Hall–Kier alpha value is -0.610. The molecule has 4 nitrogen and oxygen atoms in total. The van der Waals surface area contributed by atoms with E-state index in [1.807, 2.05) is 6.92 Å². The maximum Gasteiger partial charge on any atom is 0.234 e. The van der Waals surface area contributed by atoms with E-state index in [9.17, 15) is 4.79 Å². The third-order valence-electron chi connectivity index (χ3n) is 2.55. The number of nitrogens with one attached hydrogen (secondary N) is 2. The van der Waals surface area contributed by atoms with Crippen LogP contribution in [0.4, 0.5) is 0 Å². The molecule has 0 heterocycles. The largest absolute Gasteiger partial charge is 0.354 e. The molecular weight excluding hydrogens is 202 g/mol. The van der Waals surface area contributed by atoms with E-state index >= 15 is 0 Å². The van der Waals surface area contributed by atoms with E-state index in [4.69, 9.17) is 0 Å². The zero-order valence-electron chi connectivity index (χ0n) is 11.3. The molecule has 16 heavy (non-hydrogen) atoms. The highest BCUT2D eigenvalue weighted by Gasteiger charge is 2.12. The minimum absolute atomic E-state index is 0.0781. The summed E-state index contributed by atoms with van der Waals surface area (Å²) in [5.41, 5.74) is 0. The van der Waals surface area contributed by atoms with Gasteiger partial charge in [-0.25, -0.2) is 0 Å². The van der Waals surface area contributed by atoms with Gasteiger partial charge in [0.15, 0.2) is 0 Å². The van der Waals surface area contributed by atoms with Crippen molar-refractivity contribution in [3.05, 3.63) is 0 Å². The third-order valence-corrected chi connectivity index (χ3v) is 2.55. The smallest absolute Gasteiger partial charge is 0.234 e. The van der Waals surface area contributed by atoms with Crippen LogP contribution in [-0.4, -0.2) is 49.1 Å². The molecule has 0 aliphatic carbocycles. The van der Waals surface area contributed by atoms with E-state index in [2.05, 4.69) is 43.2 Å². The Morgan fingerprint density at radius 3 is 2.19 bits per heavy atom. The van der Waals surface area contributed by atoms with Crippen molar-refractivity contribution in [1.82, 2.24) is 15.5 Å². The summed E-state index contributed by atoms with van der Waals surface area (Å²) < 4.78 is 0. The number of hydrogen-bond donors (Lipinski definition) is 2. The van der Waals surface area contributed by atoms with Crippen molar-refractivity contribution in [2.75, 3.05) is 26.2 Å². The van der Waals surface area contributed by atoms with Crippen molar-refractivity contribution in [3.8, 4) is 0 Å².